The van der Waals surface area contributed by atoms with Gasteiger partial charge in [0, 0.05) is 18.0 Å². The zero-order valence-corrected chi connectivity index (χ0v) is 22.6. The molecule has 1 amide bonds. The lowest BCUT2D eigenvalue weighted by atomic mass is 9.95. The van der Waals surface area contributed by atoms with Gasteiger partial charge in [-0.3, -0.25) is 19.5 Å². The first-order valence-electron chi connectivity index (χ1n) is 12.4. The number of hydrogen-bond donors (Lipinski definition) is 1. The third-order valence-electron chi connectivity index (χ3n) is 6.36. The first-order valence-corrected chi connectivity index (χ1v) is 13.2. The van der Waals surface area contributed by atoms with Gasteiger partial charge in [-0.25, -0.2) is 4.98 Å². The molecule has 1 saturated heterocycles. The molecule has 1 N–H and O–H groups in total. The number of fused-ring (bicyclic) bond motifs is 1. The van der Waals surface area contributed by atoms with E-state index in [1.165, 1.54) is 28.6 Å². The maximum atomic E-state index is 13.6. The quantitative estimate of drug-likeness (QED) is 0.128. The second-order valence-electron chi connectivity index (χ2n) is 9.07. The van der Waals surface area contributed by atoms with Gasteiger partial charge in [-0.2, -0.15) is 0 Å². The number of Topliss-reactive ketones (excluding diaryl/α,β-unsaturated/α-hetero) is 1. The van der Waals surface area contributed by atoms with Crippen LogP contribution in [-0.4, -0.2) is 40.0 Å². The van der Waals surface area contributed by atoms with E-state index >= 15 is 0 Å². The summed E-state index contributed by atoms with van der Waals surface area (Å²) in [6.45, 7) is 10.2. The molecule has 3 heterocycles. The molecule has 5 rings (SSSR count). The van der Waals surface area contributed by atoms with Gasteiger partial charge in [0.1, 0.15) is 12.4 Å². The molecule has 0 saturated carbocycles. The molecular weight excluding hydrogens is 514 g/mol. The van der Waals surface area contributed by atoms with E-state index in [9.17, 15) is 14.7 Å². The van der Waals surface area contributed by atoms with Crippen LogP contribution >= 0.6 is 11.3 Å². The number of ether oxygens (including phenoxy) is 2. The van der Waals surface area contributed by atoms with Crippen molar-refractivity contribution in [2.45, 2.75) is 26.8 Å². The lowest BCUT2D eigenvalue weighted by Gasteiger charge is -2.24. The van der Waals surface area contributed by atoms with Crippen molar-refractivity contribution in [1.29, 1.82) is 0 Å². The number of hydrogen-bond acceptors (Lipinski definition) is 8. The van der Waals surface area contributed by atoms with Crippen LogP contribution in [0, 0.1) is 13.8 Å². The number of aryl methyl sites for hydroxylation is 2. The Bertz CT molecular complexity index is 1630. The van der Waals surface area contributed by atoms with Gasteiger partial charge in [-0.05, 0) is 67.8 Å². The number of amides is 1. The van der Waals surface area contributed by atoms with Gasteiger partial charge in [0.25, 0.3) is 5.78 Å². The van der Waals surface area contributed by atoms with Crippen molar-refractivity contribution < 1.29 is 24.2 Å². The summed E-state index contributed by atoms with van der Waals surface area (Å²) in [7, 11) is 0. The maximum Gasteiger partial charge on any atom is 0.301 e. The molecular formula is C30H27N3O5S. The molecule has 0 spiro atoms. The average molecular weight is 542 g/mol. The number of anilines is 1. The number of aliphatic hydroxyl groups excluding tert-OH is 1. The first-order chi connectivity index (χ1) is 18.8. The summed E-state index contributed by atoms with van der Waals surface area (Å²) in [6.07, 6.45) is 4.65. The minimum Gasteiger partial charge on any atom is -0.507 e. The van der Waals surface area contributed by atoms with Gasteiger partial charge in [0.2, 0.25) is 0 Å². The van der Waals surface area contributed by atoms with E-state index in [2.05, 4.69) is 11.6 Å². The number of benzene rings is 2. The number of pyridine rings is 1. The Labute approximate surface area is 229 Å². The second kappa shape index (κ2) is 10.7. The summed E-state index contributed by atoms with van der Waals surface area (Å²) in [5.74, 6) is -0.915. The van der Waals surface area contributed by atoms with Crippen LogP contribution in [0.3, 0.4) is 0 Å². The van der Waals surface area contributed by atoms with E-state index in [0.29, 0.717) is 34.4 Å². The summed E-state index contributed by atoms with van der Waals surface area (Å²) >= 11 is 1.33. The number of carbonyl (C=O) groups excluding carboxylic acids is 2. The molecule has 1 unspecified atom stereocenters. The van der Waals surface area contributed by atoms with E-state index < -0.39 is 17.7 Å². The Kier molecular flexibility index (Phi) is 7.17. The SMILES string of the molecule is C=CCOc1ccc(C2C(=C(O)c3ccncc3)C(=O)C(=O)N2c2nc3c(C)cc(C)cc3s2)cc1OCC. The van der Waals surface area contributed by atoms with Gasteiger partial charge in [-0.15, -0.1) is 0 Å². The molecule has 0 aliphatic carbocycles. The highest BCUT2D eigenvalue weighted by molar-refractivity contribution is 7.22. The van der Waals surface area contributed by atoms with Crippen LogP contribution in [0.4, 0.5) is 5.13 Å². The normalized spacial score (nSPS) is 16.6. The lowest BCUT2D eigenvalue weighted by Crippen LogP contribution is -2.29. The highest BCUT2D eigenvalue weighted by atomic mass is 32.1. The van der Waals surface area contributed by atoms with Gasteiger partial charge in [-0.1, -0.05) is 36.1 Å². The van der Waals surface area contributed by atoms with Crippen LogP contribution in [-0.2, 0) is 9.59 Å². The smallest absolute Gasteiger partial charge is 0.301 e. The van der Waals surface area contributed by atoms with Crippen LogP contribution in [0.15, 0.2) is 73.1 Å². The molecule has 9 heteroatoms. The third-order valence-corrected chi connectivity index (χ3v) is 7.36. The predicted octanol–water partition coefficient (Wildman–Crippen LogP) is 5.90. The summed E-state index contributed by atoms with van der Waals surface area (Å²) in [5, 5.41) is 11.7. The van der Waals surface area contributed by atoms with Crippen LogP contribution in [0.5, 0.6) is 11.5 Å². The fourth-order valence-corrected chi connectivity index (χ4v) is 5.87. The number of aliphatic hydroxyl groups is 1. The second-order valence-corrected chi connectivity index (χ2v) is 10.1. The lowest BCUT2D eigenvalue weighted by molar-refractivity contribution is -0.132. The molecule has 1 fully saturated rings. The number of carbonyl (C=O) groups is 2. The minimum absolute atomic E-state index is 0.0411. The summed E-state index contributed by atoms with van der Waals surface area (Å²) < 4.78 is 12.5. The highest BCUT2D eigenvalue weighted by Crippen LogP contribution is 2.46. The Hall–Kier alpha value is -4.50. The summed E-state index contributed by atoms with van der Waals surface area (Å²) in [5.41, 5.74) is 3.70. The van der Waals surface area contributed by atoms with Crippen molar-refractivity contribution in [3.63, 3.8) is 0 Å². The minimum atomic E-state index is -0.951. The Balaban J connectivity index is 1.73. The van der Waals surface area contributed by atoms with Gasteiger partial charge in [0.15, 0.2) is 16.6 Å². The molecule has 2 aromatic heterocycles. The van der Waals surface area contributed by atoms with Crippen molar-refractivity contribution in [1.82, 2.24) is 9.97 Å². The molecule has 39 heavy (non-hydrogen) atoms. The van der Waals surface area contributed by atoms with Crippen LogP contribution < -0.4 is 14.4 Å². The number of rotatable bonds is 8. The molecule has 8 nitrogen and oxygen atoms in total. The van der Waals surface area contributed by atoms with E-state index in [1.54, 1.807) is 36.4 Å². The first kappa shape index (κ1) is 26.1. The zero-order valence-electron chi connectivity index (χ0n) is 21.8. The maximum absolute atomic E-state index is 13.6. The zero-order chi connectivity index (χ0) is 27.7. The monoisotopic (exact) mass is 541 g/mol. The standard InChI is InChI=1S/C30H27N3O5S/c1-5-13-38-21-8-7-20(16-22(21)37-6-2)26-24(27(34)19-9-11-31-12-10-19)28(35)29(36)33(26)30-32-25-18(4)14-17(3)15-23(25)39-30/h5,7-12,14-16,26,34H,1,6,13H2,2-4H3. The average Bonchev–Trinajstić information content (AvgIpc) is 3.46. The summed E-state index contributed by atoms with van der Waals surface area (Å²) in [6, 6.07) is 11.5. The molecule has 0 bridgehead atoms. The van der Waals surface area contributed by atoms with E-state index in [1.807, 2.05) is 32.9 Å². The van der Waals surface area contributed by atoms with Crippen LogP contribution in [0.2, 0.25) is 0 Å². The summed E-state index contributed by atoms with van der Waals surface area (Å²) in [4.78, 5) is 37.3. The van der Waals surface area contributed by atoms with Crippen molar-refractivity contribution in [3.8, 4) is 11.5 Å². The molecule has 1 aliphatic heterocycles. The molecule has 1 atom stereocenters. The van der Waals surface area contributed by atoms with Gasteiger partial charge < -0.3 is 14.6 Å². The molecule has 198 valence electrons. The Morgan fingerprint density at radius 2 is 1.87 bits per heavy atom. The van der Waals surface area contributed by atoms with E-state index in [0.717, 1.165) is 21.3 Å². The third kappa shape index (κ3) is 4.77. The van der Waals surface area contributed by atoms with E-state index in [-0.39, 0.29) is 17.9 Å². The fraction of sp³-hybridized carbons (Fsp3) is 0.200. The van der Waals surface area contributed by atoms with Crippen molar-refractivity contribution >= 4 is 44.1 Å². The van der Waals surface area contributed by atoms with Gasteiger partial charge >= 0.3 is 5.91 Å². The number of nitrogens with zero attached hydrogens (tertiary/aromatic N) is 3. The van der Waals surface area contributed by atoms with Gasteiger partial charge in [0.05, 0.1) is 28.4 Å². The molecule has 4 aromatic rings. The largest absolute Gasteiger partial charge is 0.507 e. The van der Waals surface area contributed by atoms with E-state index in [4.69, 9.17) is 14.5 Å². The fourth-order valence-electron chi connectivity index (χ4n) is 4.70. The number of thiazole rings is 1. The van der Waals surface area contributed by atoms with Crippen molar-refractivity contribution in [3.05, 3.63) is 95.3 Å². The Morgan fingerprint density at radius 1 is 1.10 bits per heavy atom. The number of aromatic nitrogens is 2. The molecule has 1 aliphatic rings. The molecule has 0 radical (unpaired) electrons. The topological polar surface area (TPSA) is 102 Å². The van der Waals surface area contributed by atoms with Crippen LogP contribution in [0.1, 0.15) is 35.2 Å². The van der Waals surface area contributed by atoms with Crippen LogP contribution in [0.25, 0.3) is 16.0 Å². The van der Waals surface area contributed by atoms with Crippen molar-refractivity contribution in [2.75, 3.05) is 18.1 Å². The highest BCUT2D eigenvalue weighted by Gasteiger charge is 2.48. The predicted molar refractivity (Wildman–Crippen MR) is 151 cm³/mol. The number of ketones is 1. The van der Waals surface area contributed by atoms with Crippen molar-refractivity contribution in [2.24, 2.45) is 0 Å². The molecule has 2 aromatic carbocycles. The Morgan fingerprint density at radius 3 is 2.59 bits per heavy atom.